The fourth-order valence-electron chi connectivity index (χ4n) is 3.24. The number of ether oxygens (including phenoxy) is 1. The van der Waals surface area contributed by atoms with Crippen molar-refractivity contribution in [2.45, 2.75) is 6.42 Å². The van der Waals surface area contributed by atoms with Gasteiger partial charge in [-0.05, 0) is 17.7 Å². The molecular weight excluding hydrogens is 366 g/mol. The minimum absolute atomic E-state index is 0.134. The Kier molecular flexibility index (Phi) is 7.41. The molecule has 1 aliphatic rings. The number of nitrogens with one attached hydrogen (secondary N) is 1. The molecule has 0 unspecified atom stereocenters. The molecule has 0 aromatic heterocycles. The summed E-state index contributed by atoms with van der Waals surface area (Å²) in [5.41, 5.74) is 1.81. The molecule has 0 spiro atoms. The van der Waals surface area contributed by atoms with Gasteiger partial charge in [0.05, 0.1) is 7.11 Å². The Hall–Kier alpha value is -3.12. The van der Waals surface area contributed by atoms with Gasteiger partial charge in [0.15, 0.2) is 0 Å². The highest BCUT2D eigenvalue weighted by Crippen LogP contribution is 2.17. The summed E-state index contributed by atoms with van der Waals surface area (Å²) in [5, 5.41) is 2.75. The number of rotatable bonds is 7. The number of piperazine rings is 1. The summed E-state index contributed by atoms with van der Waals surface area (Å²) in [6.07, 6.45) is 4.11. The summed E-state index contributed by atoms with van der Waals surface area (Å²) < 4.78 is 5.14. The molecule has 6 nitrogen and oxygen atoms in total. The molecule has 1 heterocycles. The van der Waals surface area contributed by atoms with Crippen molar-refractivity contribution < 1.29 is 14.3 Å². The standard InChI is InChI=1S/C23H27N3O3/c1-29-21-11-5-10-20(17-21)24-22(27)18-23(28)26-15-13-25(14-16-26)12-6-9-19-7-3-2-4-8-19/h2-11,17H,12-16,18H2,1H3,(H,24,27)/b9-6+. The van der Waals surface area contributed by atoms with Crippen LogP contribution in [0.2, 0.25) is 0 Å². The van der Waals surface area contributed by atoms with Gasteiger partial charge >= 0.3 is 0 Å². The second-order valence-corrected chi connectivity index (χ2v) is 6.95. The molecule has 2 amide bonds. The van der Waals surface area contributed by atoms with Gasteiger partial charge < -0.3 is 15.0 Å². The lowest BCUT2D eigenvalue weighted by Crippen LogP contribution is -2.49. The van der Waals surface area contributed by atoms with Gasteiger partial charge in [-0.3, -0.25) is 14.5 Å². The summed E-state index contributed by atoms with van der Waals surface area (Å²) >= 11 is 0. The Morgan fingerprint density at radius 2 is 1.79 bits per heavy atom. The van der Waals surface area contributed by atoms with E-state index in [-0.39, 0.29) is 18.2 Å². The van der Waals surface area contributed by atoms with Gasteiger partial charge in [0.25, 0.3) is 0 Å². The van der Waals surface area contributed by atoms with Crippen molar-refractivity contribution >= 4 is 23.6 Å². The van der Waals surface area contributed by atoms with Crippen molar-refractivity contribution in [3.63, 3.8) is 0 Å². The Morgan fingerprint density at radius 1 is 1.03 bits per heavy atom. The maximum absolute atomic E-state index is 12.4. The van der Waals surface area contributed by atoms with Crippen LogP contribution in [0.5, 0.6) is 5.75 Å². The number of methoxy groups -OCH3 is 1. The van der Waals surface area contributed by atoms with Crippen LogP contribution in [-0.4, -0.2) is 61.4 Å². The highest BCUT2D eigenvalue weighted by Gasteiger charge is 2.22. The normalized spacial score (nSPS) is 14.7. The average Bonchev–Trinajstić information content (AvgIpc) is 2.75. The Bertz CT molecular complexity index is 843. The lowest BCUT2D eigenvalue weighted by Gasteiger charge is -2.34. The number of hydrogen-bond acceptors (Lipinski definition) is 4. The number of anilines is 1. The molecule has 152 valence electrons. The first-order valence-electron chi connectivity index (χ1n) is 9.79. The van der Waals surface area contributed by atoms with Gasteiger partial charge in [-0.2, -0.15) is 0 Å². The smallest absolute Gasteiger partial charge is 0.233 e. The Balaban J connectivity index is 1.40. The van der Waals surface area contributed by atoms with Crippen LogP contribution in [-0.2, 0) is 9.59 Å². The molecule has 29 heavy (non-hydrogen) atoms. The molecule has 3 rings (SSSR count). The third kappa shape index (κ3) is 6.47. The van der Waals surface area contributed by atoms with Crippen LogP contribution in [0, 0.1) is 0 Å². The van der Waals surface area contributed by atoms with Gasteiger partial charge in [-0.25, -0.2) is 0 Å². The highest BCUT2D eigenvalue weighted by molar-refractivity contribution is 6.03. The summed E-state index contributed by atoms with van der Waals surface area (Å²) in [4.78, 5) is 28.7. The second-order valence-electron chi connectivity index (χ2n) is 6.95. The van der Waals surface area contributed by atoms with Crippen molar-refractivity contribution in [1.82, 2.24) is 9.80 Å². The largest absolute Gasteiger partial charge is 0.497 e. The summed E-state index contributed by atoms with van der Waals surface area (Å²) in [5.74, 6) is 0.216. The van der Waals surface area contributed by atoms with E-state index in [4.69, 9.17) is 4.74 Å². The van der Waals surface area contributed by atoms with E-state index in [1.165, 1.54) is 5.56 Å². The Labute approximate surface area is 171 Å². The van der Waals surface area contributed by atoms with Crippen LogP contribution in [0.25, 0.3) is 6.08 Å². The second kappa shape index (κ2) is 10.4. The monoisotopic (exact) mass is 393 g/mol. The average molecular weight is 393 g/mol. The first-order valence-corrected chi connectivity index (χ1v) is 9.79. The summed E-state index contributed by atoms with van der Waals surface area (Å²) in [7, 11) is 1.57. The lowest BCUT2D eigenvalue weighted by molar-refractivity contribution is -0.136. The third-order valence-electron chi connectivity index (χ3n) is 4.86. The quantitative estimate of drug-likeness (QED) is 0.735. The fourth-order valence-corrected chi connectivity index (χ4v) is 3.24. The molecular formula is C23H27N3O3. The van der Waals surface area contributed by atoms with Crippen LogP contribution < -0.4 is 10.1 Å². The molecule has 1 aliphatic heterocycles. The van der Waals surface area contributed by atoms with Crippen LogP contribution in [0.15, 0.2) is 60.7 Å². The van der Waals surface area contributed by atoms with Gasteiger partial charge in [0, 0.05) is 44.5 Å². The third-order valence-corrected chi connectivity index (χ3v) is 4.86. The van der Waals surface area contributed by atoms with Crippen molar-refractivity contribution in [2.75, 3.05) is 45.2 Å². The molecule has 1 N–H and O–H groups in total. The Morgan fingerprint density at radius 3 is 2.52 bits per heavy atom. The number of carbonyl (C=O) groups is 2. The molecule has 2 aromatic carbocycles. The molecule has 1 saturated heterocycles. The van der Waals surface area contributed by atoms with Gasteiger partial charge in [0.1, 0.15) is 12.2 Å². The van der Waals surface area contributed by atoms with Crippen LogP contribution in [0.1, 0.15) is 12.0 Å². The van der Waals surface area contributed by atoms with E-state index >= 15 is 0 Å². The fraction of sp³-hybridized carbons (Fsp3) is 0.304. The molecule has 0 aliphatic carbocycles. The maximum Gasteiger partial charge on any atom is 0.233 e. The van der Waals surface area contributed by atoms with E-state index in [2.05, 4.69) is 34.5 Å². The zero-order chi connectivity index (χ0) is 20.5. The first kappa shape index (κ1) is 20.6. The topological polar surface area (TPSA) is 61.9 Å². The van der Waals surface area contributed by atoms with E-state index in [9.17, 15) is 9.59 Å². The van der Waals surface area contributed by atoms with E-state index in [0.717, 1.165) is 19.6 Å². The zero-order valence-electron chi connectivity index (χ0n) is 16.7. The van der Waals surface area contributed by atoms with Gasteiger partial charge in [-0.15, -0.1) is 0 Å². The number of hydrogen-bond donors (Lipinski definition) is 1. The molecule has 0 bridgehead atoms. The van der Waals surface area contributed by atoms with E-state index in [1.807, 2.05) is 18.2 Å². The van der Waals surface area contributed by atoms with E-state index in [1.54, 1.807) is 36.3 Å². The van der Waals surface area contributed by atoms with Crippen LogP contribution in [0.4, 0.5) is 5.69 Å². The SMILES string of the molecule is COc1cccc(NC(=O)CC(=O)N2CCN(C/C=C/c3ccccc3)CC2)c1. The van der Waals surface area contributed by atoms with Gasteiger partial charge in [-0.1, -0.05) is 48.6 Å². The first-order chi connectivity index (χ1) is 14.1. The summed E-state index contributed by atoms with van der Waals surface area (Å²) in [6.45, 7) is 3.76. The van der Waals surface area contributed by atoms with Crippen LogP contribution in [0.3, 0.4) is 0 Å². The predicted molar refractivity (Wildman–Crippen MR) is 115 cm³/mol. The van der Waals surface area contributed by atoms with E-state index in [0.29, 0.717) is 24.5 Å². The van der Waals surface area contributed by atoms with Crippen molar-refractivity contribution in [1.29, 1.82) is 0 Å². The highest BCUT2D eigenvalue weighted by atomic mass is 16.5. The maximum atomic E-state index is 12.4. The minimum atomic E-state index is -0.309. The summed E-state index contributed by atoms with van der Waals surface area (Å²) in [6, 6.07) is 17.3. The molecule has 0 saturated carbocycles. The van der Waals surface area contributed by atoms with Crippen LogP contribution >= 0.6 is 0 Å². The molecule has 0 atom stereocenters. The molecule has 6 heteroatoms. The van der Waals surface area contributed by atoms with Crippen molar-refractivity contribution in [2.24, 2.45) is 0 Å². The van der Waals surface area contributed by atoms with Crippen molar-refractivity contribution in [3.8, 4) is 5.75 Å². The van der Waals surface area contributed by atoms with Crippen molar-refractivity contribution in [3.05, 3.63) is 66.2 Å². The predicted octanol–water partition coefficient (Wildman–Crippen LogP) is 2.88. The minimum Gasteiger partial charge on any atom is -0.497 e. The zero-order valence-corrected chi connectivity index (χ0v) is 16.7. The number of carbonyl (C=O) groups excluding carboxylic acids is 2. The van der Waals surface area contributed by atoms with E-state index < -0.39 is 0 Å². The molecule has 1 fully saturated rings. The number of nitrogens with zero attached hydrogens (tertiary/aromatic N) is 2. The molecule has 0 radical (unpaired) electrons. The molecule has 2 aromatic rings. The lowest BCUT2D eigenvalue weighted by atomic mass is 10.2. The number of benzene rings is 2. The number of amides is 2. The van der Waals surface area contributed by atoms with Gasteiger partial charge in [0.2, 0.25) is 11.8 Å².